The molecule has 16 heavy (non-hydrogen) atoms. The molecule has 0 aliphatic rings. The first kappa shape index (κ1) is 15.6. The van der Waals surface area contributed by atoms with E-state index in [0.717, 1.165) is 19.4 Å². The summed E-state index contributed by atoms with van der Waals surface area (Å²) >= 11 is 0. The van der Waals surface area contributed by atoms with Gasteiger partial charge in [0.15, 0.2) is 0 Å². The average molecular weight is 229 g/mol. The Labute approximate surface area is 100 Å². The molecule has 3 nitrogen and oxygen atoms in total. The monoisotopic (exact) mass is 229 g/mol. The zero-order chi connectivity index (χ0) is 12.8. The number of nitrogens with zero attached hydrogens (tertiary/aromatic N) is 1. The van der Waals surface area contributed by atoms with Gasteiger partial charge in [-0.2, -0.15) is 0 Å². The van der Waals surface area contributed by atoms with Crippen molar-refractivity contribution >= 4 is 5.78 Å². The van der Waals surface area contributed by atoms with Crippen molar-refractivity contribution in [2.24, 2.45) is 5.41 Å². The van der Waals surface area contributed by atoms with Crippen molar-refractivity contribution in [3.63, 3.8) is 0 Å². The van der Waals surface area contributed by atoms with Crippen molar-refractivity contribution in [3.05, 3.63) is 0 Å². The molecule has 0 aromatic rings. The first-order valence-electron chi connectivity index (χ1n) is 6.03. The predicted octanol–water partition coefficient (Wildman–Crippen LogP) is 2.35. The third kappa shape index (κ3) is 6.96. The standard InChI is InChI=1S/C13H27NO2/c1-11(7-9-14(5)6)16-10-8-13(3,4)12(2)15/h11H,7-10H2,1-6H3. The molecule has 3 heteroatoms. The summed E-state index contributed by atoms with van der Waals surface area (Å²) in [5.41, 5.74) is -0.249. The van der Waals surface area contributed by atoms with Gasteiger partial charge in [0.05, 0.1) is 6.10 Å². The molecule has 0 radical (unpaired) electrons. The van der Waals surface area contributed by atoms with Gasteiger partial charge >= 0.3 is 0 Å². The Morgan fingerprint density at radius 2 is 1.94 bits per heavy atom. The molecule has 0 aromatic heterocycles. The highest BCUT2D eigenvalue weighted by Gasteiger charge is 2.23. The normalized spacial score (nSPS) is 14.2. The molecule has 0 saturated carbocycles. The van der Waals surface area contributed by atoms with Gasteiger partial charge in [-0.25, -0.2) is 0 Å². The lowest BCUT2D eigenvalue weighted by Gasteiger charge is -2.22. The second kappa shape index (κ2) is 7.02. The third-order valence-corrected chi connectivity index (χ3v) is 3.07. The van der Waals surface area contributed by atoms with Crippen LogP contribution in [0.15, 0.2) is 0 Å². The van der Waals surface area contributed by atoms with Crippen LogP contribution in [-0.2, 0) is 9.53 Å². The third-order valence-electron chi connectivity index (χ3n) is 3.07. The van der Waals surface area contributed by atoms with Crippen molar-refractivity contribution in [1.82, 2.24) is 4.90 Å². The van der Waals surface area contributed by atoms with Crippen LogP contribution in [0, 0.1) is 5.41 Å². The topological polar surface area (TPSA) is 29.5 Å². The summed E-state index contributed by atoms with van der Waals surface area (Å²) in [5, 5.41) is 0. The minimum Gasteiger partial charge on any atom is -0.378 e. The van der Waals surface area contributed by atoms with Crippen molar-refractivity contribution in [2.45, 2.75) is 46.6 Å². The highest BCUT2D eigenvalue weighted by Crippen LogP contribution is 2.21. The Morgan fingerprint density at radius 3 is 2.38 bits per heavy atom. The number of ketones is 1. The minimum atomic E-state index is -0.249. The van der Waals surface area contributed by atoms with Gasteiger partial charge in [0.25, 0.3) is 0 Å². The van der Waals surface area contributed by atoms with Crippen LogP contribution >= 0.6 is 0 Å². The lowest BCUT2D eigenvalue weighted by Crippen LogP contribution is -2.25. The van der Waals surface area contributed by atoms with Gasteiger partial charge in [-0.1, -0.05) is 13.8 Å². The fourth-order valence-electron chi connectivity index (χ4n) is 1.21. The molecular formula is C13H27NO2. The van der Waals surface area contributed by atoms with E-state index in [1.807, 2.05) is 13.8 Å². The molecule has 96 valence electrons. The maximum absolute atomic E-state index is 11.3. The largest absolute Gasteiger partial charge is 0.378 e. The second-order valence-corrected chi connectivity index (χ2v) is 5.46. The highest BCUT2D eigenvalue weighted by atomic mass is 16.5. The van der Waals surface area contributed by atoms with E-state index in [4.69, 9.17) is 4.74 Å². The molecule has 0 bridgehead atoms. The summed E-state index contributed by atoms with van der Waals surface area (Å²) in [6.45, 7) is 9.39. The van der Waals surface area contributed by atoms with Gasteiger partial charge in [0.2, 0.25) is 0 Å². The van der Waals surface area contributed by atoms with Gasteiger partial charge in [0, 0.05) is 12.0 Å². The summed E-state index contributed by atoms with van der Waals surface area (Å²) in [6.07, 6.45) is 2.10. The molecule has 0 rings (SSSR count). The van der Waals surface area contributed by atoms with Crippen LogP contribution in [0.3, 0.4) is 0 Å². The van der Waals surface area contributed by atoms with Crippen LogP contribution in [0.4, 0.5) is 0 Å². The summed E-state index contributed by atoms with van der Waals surface area (Å²) in [6, 6.07) is 0. The number of hydrogen-bond donors (Lipinski definition) is 0. The molecular weight excluding hydrogens is 202 g/mol. The van der Waals surface area contributed by atoms with E-state index in [0.29, 0.717) is 6.61 Å². The molecule has 0 saturated heterocycles. The van der Waals surface area contributed by atoms with Crippen LogP contribution in [-0.4, -0.2) is 44.0 Å². The number of hydrogen-bond acceptors (Lipinski definition) is 3. The second-order valence-electron chi connectivity index (χ2n) is 5.46. The number of carbonyl (C=O) groups excluding carboxylic acids is 1. The Balaban J connectivity index is 3.69. The van der Waals surface area contributed by atoms with Gasteiger partial charge in [-0.05, 0) is 47.3 Å². The molecule has 0 aliphatic carbocycles. The van der Waals surface area contributed by atoms with Crippen molar-refractivity contribution in [2.75, 3.05) is 27.2 Å². The summed E-state index contributed by atoms with van der Waals surface area (Å²) in [5.74, 6) is 0.233. The zero-order valence-electron chi connectivity index (χ0n) is 11.7. The lowest BCUT2D eigenvalue weighted by molar-refractivity contribution is -0.126. The Kier molecular flexibility index (Phi) is 6.84. The SMILES string of the molecule is CC(=O)C(C)(C)CCOC(C)CCN(C)C. The van der Waals surface area contributed by atoms with E-state index >= 15 is 0 Å². The van der Waals surface area contributed by atoms with Crippen molar-refractivity contribution in [1.29, 1.82) is 0 Å². The fourth-order valence-corrected chi connectivity index (χ4v) is 1.21. The number of carbonyl (C=O) groups is 1. The predicted molar refractivity (Wildman–Crippen MR) is 67.7 cm³/mol. The lowest BCUT2D eigenvalue weighted by atomic mass is 9.86. The van der Waals surface area contributed by atoms with Gasteiger partial charge in [-0.3, -0.25) is 4.79 Å². The van der Waals surface area contributed by atoms with E-state index < -0.39 is 0 Å². The van der Waals surface area contributed by atoms with E-state index in [1.165, 1.54) is 0 Å². The molecule has 0 aliphatic heterocycles. The minimum absolute atomic E-state index is 0.233. The Morgan fingerprint density at radius 1 is 1.38 bits per heavy atom. The number of ether oxygens (including phenoxy) is 1. The molecule has 0 N–H and O–H groups in total. The summed E-state index contributed by atoms with van der Waals surface area (Å²) in [4.78, 5) is 13.4. The first-order valence-corrected chi connectivity index (χ1v) is 6.03. The highest BCUT2D eigenvalue weighted by molar-refractivity contribution is 5.81. The van der Waals surface area contributed by atoms with Gasteiger partial charge in [0.1, 0.15) is 5.78 Å². The fraction of sp³-hybridized carbons (Fsp3) is 0.923. The molecule has 0 amide bonds. The van der Waals surface area contributed by atoms with Crippen LogP contribution in [0.25, 0.3) is 0 Å². The summed E-state index contributed by atoms with van der Waals surface area (Å²) in [7, 11) is 4.12. The molecule has 0 spiro atoms. The number of Topliss-reactive ketones (excluding diaryl/α,β-unsaturated/α-hetero) is 1. The quantitative estimate of drug-likeness (QED) is 0.640. The molecule has 1 atom stereocenters. The first-order chi connectivity index (χ1) is 7.25. The molecule has 1 unspecified atom stereocenters. The Bertz CT molecular complexity index is 212. The summed E-state index contributed by atoms with van der Waals surface area (Å²) < 4.78 is 5.70. The van der Waals surface area contributed by atoms with Crippen LogP contribution in [0.5, 0.6) is 0 Å². The van der Waals surface area contributed by atoms with Crippen molar-refractivity contribution < 1.29 is 9.53 Å². The van der Waals surface area contributed by atoms with Gasteiger partial charge < -0.3 is 9.64 Å². The van der Waals surface area contributed by atoms with E-state index in [1.54, 1.807) is 6.92 Å². The molecule has 0 heterocycles. The smallest absolute Gasteiger partial charge is 0.135 e. The van der Waals surface area contributed by atoms with Crippen LogP contribution in [0.1, 0.15) is 40.5 Å². The maximum atomic E-state index is 11.3. The van der Waals surface area contributed by atoms with E-state index in [9.17, 15) is 4.79 Å². The number of rotatable bonds is 8. The van der Waals surface area contributed by atoms with Crippen LogP contribution in [0.2, 0.25) is 0 Å². The van der Waals surface area contributed by atoms with Gasteiger partial charge in [-0.15, -0.1) is 0 Å². The zero-order valence-corrected chi connectivity index (χ0v) is 11.7. The van der Waals surface area contributed by atoms with E-state index in [2.05, 4.69) is 25.9 Å². The van der Waals surface area contributed by atoms with E-state index in [-0.39, 0.29) is 17.3 Å². The molecule has 0 fully saturated rings. The Hall–Kier alpha value is -0.410. The average Bonchev–Trinajstić information content (AvgIpc) is 2.14. The van der Waals surface area contributed by atoms with Crippen LogP contribution < -0.4 is 0 Å². The van der Waals surface area contributed by atoms with Crippen molar-refractivity contribution in [3.8, 4) is 0 Å². The molecule has 0 aromatic carbocycles. The maximum Gasteiger partial charge on any atom is 0.135 e.